The molecule has 0 unspecified atom stereocenters. The molecule has 0 saturated carbocycles. The first-order chi connectivity index (χ1) is 14.2. The molecule has 1 amide bonds. The fourth-order valence-electron chi connectivity index (χ4n) is 3.14. The molecular formula is C24H22N4O. The lowest BCUT2D eigenvalue weighted by Gasteiger charge is -2.26. The van der Waals surface area contributed by atoms with E-state index < -0.39 is 5.91 Å². The average Bonchev–Trinajstić information content (AvgIpc) is 2.75. The molecule has 5 nitrogen and oxygen atoms in total. The Hall–Kier alpha value is -3.82. The molecule has 0 spiro atoms. The third-order valence-corrected chi connectivity index (χ3v) is 4.58. The molecule has 0 fully saturated rings. The molecule has 0 heterocycles. The molecule has 0 aliphatic heterocycles. The van der Waals surface area contributed by atoms with Crippen LogP contribution >= 0.6 is 0 Å². The van der Waals surface area contributed by atoms with Crippen molar-refractivity contribution in [3.63, 3.8) is 0 Å². The summed E-state index contributed by atoms with van der Waals surface area (Å²) in [4.78, 5) is 16.5. The Balaban J connectivity index is 1.92. The van der Waals surface area contributed by atoms with Crippen molar-refractivity contribution in [2.45, 2.75) is 20.0 Å². The van der Waals surface area contributed by atoms with Gasteiger partial charge in [0.2, 0.25) is 5.91 Å². The monoisotopic (exact) mass is 382 g/mol. The van der Waals surface area contributed by atoms with Gasteiger partial charge in [0.1, 0.15) is 0 Å². The number of allylic oxidation sites excluding steroid dienone is 1. The van der Waals surface area contributed by atoms with Crippen LogP contribution in [0.3, 0.4) is 0 Å². The Bertz CT molecular complexity index is 997. The number of hydrogen-bond donors (Lipinski definition) is 0. The fraction of sp³-hybridized carbons (Fsp3) is 0.125. The van der Waals surface area contributed by atoms with Crippen molar-refractivity contribution in [2.24, 2.45) is 5.11 Å². The molecule has 5 heteroatoms. The van der Waals surface area contributed by atoms with Crippen molar-refractivity contribution >= 4 is 17.2 Å². The highest BCUT2D eigenvalue weighted by Gasteiger charge is 2.10. The van der Waals surface area contributed by atoms with Gasteiger partial charge < -0.3 is 4.90 Å². The van der Waals surface area contributed by atoms with E-state index in [0.717, 1.165) is 29.9 Å². The van der Waals surface area contributed by atoms with Crippen LogP contribution < -0.4 is 4.90 Å². The molecule has 3 aromatic rings. The summed E-state index contributed by atoms with van der Waals surface area (Å²) in [6.45, 7) is 3.36. The number of carbonyl (C=O) groups excluding carboxylic acids is 1. The topological polar surface area (TPSA) is 69.1 Å². The maximum atomic E-state index is 11.6. The smallest absolute Gasteiger partial charge is 0.242 e. The van der Waals surface area contributed by atoms with Crippen molar-refractivity contribution in [1.29, 1.82) is 0 Å². The van der Waals surface area contributed by atoms with Gasteiger partial charge >= 0.3 is 0 Å². The number of hydrogen-bond acceptors (Lipinski definition) is 2. The van der Waals surface area contributed by atoms with E-state index in [4.69, 9.17) is 5.53 Å². The largest absolute Gasteiger partial charge is 0.363 e. The molecule has 3 rings (SSSR count). The van der Waals surface area contributed by atoms with Gasteiger partial charge in [0.05, 0.1) is 0 Å². The molecule has 29 heavy (non-hydrogen) atoms. The van der Waals surface area contributed by atoms with Crippen molar-refractivity contribution in [3.05, 3.63) is 118 Å². The predicted molar refractivity (Wildman–Crippen MR) is 117 cm³/mol. The first-order valence-electron chi connectivity index (χ1n) is 9.36. The first kappa shape index (κ1) is 19.9. The highest BCUT2D eigenvalue weighted by molar-refractivity contribution is 5.95. The van der Waals surface area contributed by atoms with Crippen molar-refractivity contribution in [2.75, 3.05) is 4.90 Å². The van der Waals surface area contributed by atoms with Gasteiger partial charge in [-0.3, -0.25) is 4.79 Å². The highest BCUT2D eigenvalue weighted by atomic mass is 16.1. The van der Waals surface area contributed by atoms with E-state index in [0.29, 0.717) is 0 Å². The summed E-state index contributed by atoms with van der Waals surface area (Å²) >= 11 is 0. The number of amides is 1. The number of rotatable bonds is 7. The van der Waals surface area contributed by atoms with Gasteiger partial charge in [0.15, 0.2) is 0 Å². The highest BCUT2D eigenvalue weighted by Crippen LogP contribution is 2.25. The first-order valence-corrected chi connectivity index (χ1v) is 9.36. The van der Waals surface area contributed by atoms with Crippen LogP contribution in [0.2, 0.25) is 0 Å². The summed E-state index contributed by atoms with van der Waals surface area (Å²) in [5.41, 5.74) is 13.6. The molecule has 0 aliphatic rings. The summed E-state index contributed by atoms with van der Waals surface area (Å²) in [5, 5.41) is 3.11. The van der Waals surface area contributed by atoms with Gasteiger partial charge in [-0.25, -0.2) is 0 Å². The Morgan fingerprint density at radius 1 is 0.931 bits per heavy atom. The lowest BCUT2D eigenvalue weighted by Crippen LogP contribution is -2.22. The van der Waals surface area contributed by atoms with Crippen molar-refractivity contribution in [1.82, 2.24) is 0 Å². The maximum Gasteiger partial charge on any atom is 0.242 e. The molecule has 3 aromatic carbocycles. The minimum absolute atomic E-state index is 0.596. The zero-order chi connectivity index (χ0) is 20.5. The third kappa shape index (κ3) is 5.83. The van der Waals surface area contributed by atoms with E-state index in [-0.39, 0.29) is 0 Å². The minimum Gasteiger partial charge on any atom is -0.363 e. The van der Waals surface area contributed by atoms with Crippen LogP contribution in [0.1, 0.15) is 23.6 Å². The van der Waals surface area contributed by atoms with E-state index in [1.54, 1.807) is 0 Å². The number of carbonyl (C=O) groups is 1. The van der Waals surface area contributed by atoms with Gasteiger partial charge in [-0.05, 0) is 58.0 Å². The fourth-order valence-corrected chi connectivity index (χ4v) is 3.14. The molecule has 0 saturated heterocycles. The summed E-state index contributed by atoms with van der Waals surface area (Å²) < 4.78 is 0. The third-order valence-electron chi connectivity index (χ3n) is 4.58. The normalized spacial score (nSPS) is 10.9. The second-order valence-corrected chi connectivity index (χ2v) is 6.73. The van der Waals surface area contributed by atoms with Crippen LogP contribution in [-0.2, 0) is 17.9 Å². The van der Waals surface area contributed by atoms with Crippen LogP contribution in [0.15, 0.2) is 96.1 Å². The zero-order valence-corrected chi connectivity index (χ0v) is 16.3. The van der Waals surface area contributed by atoms with E-state index in [1.165, 1.54) is 17.2 Å². The summed E-state index contributed by atoms with van der Waals surface area (Å²) in [6.07, 6.45) is 1.36. The van der Waals surface area contributed by atoms with Gasteiger partial charge in [-0.2, -0.15) is 0 Å². The molecule has 0 bridgehead atoms. The summed E-state index contributed by atoms with van der Waals surface area (Å²) in [7, 11) is 0. The Morgan fingerprint density at radius 3 is 2.07 bits per heavy atom. The molecule has 0 atom stereocenters. The summed E-state index contributed by atoms with van der Waals surface area (Å²) in [5.74, 6) is -0.596. The van der Waals surface area contributed by atoms with Crippen LogP contribution in [0.4, 0.5) is 5.69 Å². The molecule has 0 N–H and O–H groups in total. The van der Waals surface area contributed by atoms with Crippen LogP contribution in [-0.4, -0.2) is 5.91 Å². The van der Waals surface area contributed by atoms with E-state index in [2.05, 4.69) is 51.3 Å². The van der Waals surface area contributed by atoms with Gasteiger partial charge in [0, 0.05) is 23.7 Å². The minimum atomic E-state index is -0.596. The predicted octanol–water partition coefficient (Wildman–Crippen LogP) is 6.13. The number of nitrogens with zero attached hydrogens (tertiary/aromatic N) is 4. The number of azide groups is 1. The Labute approximate surface area is 170 Å². The molecule has 0 radical (unpaired) electrons. The lowest BCUT2D eigenvalue weighted by atomic mass is 10.0. The standard InChI is InChI=1S/C24H22N4O/c1-19(15-24(29)26-27-25)22-13-8-14-23(16-22)28(17-20-9-4-2-5-10-20)18-21-11-6-3-7-12-21/h2-16H,17-18H2,1H3/b19-15+. The Morgan fingerprint density at radius 2 is 1.52 bits per heavy atom. The quantitative estimate of drug-likeness (QED) is 0.213. The SMILES string of the molecule is C/C(=C\C(=O)N=[N+]=[N-])c1cccc(N(Cc2ccccc2)Cc2ccccc2)c1. The van der Waals surface area contributed by atoms with E-state index in [9.17, 15) is 4.79 Å². The van der Waals surface area contributed by atoms with Crippen LogP contribution in [0.25, 0.3) is 16.0 Å². The van der Waals surface area contributed by atoms with E-state index in [1.807, 2.05) is 55.5 Å². The molecule has 0 aliphatic carbocycles. The lowest BCUT2D eigenvalue weighted by molar-refractivity contribution is -0.113. The Kier molecular flexibility index (Phi) is 6.82. The van der Waals surface area contributed by atoms with Gasteiger partial charge in [0.25, 0.3) is 0 Å². The number of benzene rings is 3. The number of anilines is 1. The molecular weight excluding hydrogens is 360 g/mol. The molecule has 144 valence electrons. The molecule has 0 aromatic heterocycles. The second-order valence-electron chi connectivity index (χ2n) is 6.73. The average molecular weight is 382 g/mol. The van der Waals surface area contributed by atoms with Crippen molar-refractivity contribution < 1.29 is 4.79 Å². The van der Waals surface area contributed by atoms with Crippen molar-refractivity contribution in [3.8, 4) is 0 Å². The maximum absolute atomic E-state index is 11.6. The van der Waals surface area contributed by atoms with Gasteiger partial charge in [-0.1, -0.05) is 72.8 Å². The van der Waals surface area contributed by atoms with Gasteiger partial charge in [-0.15, -0.1) is 0 Å². The van der Waals surface area contributed by atoms with E-state index >= 15 is 0 Å². The zero-order valence-electron chi connectivity index (χ0n) is 16.3. The van der Waals surface area contributed by atoms with Crippen LogP contribution in [0, 0.1) is 0 Å². The summed E-state index contributed by atoms with van der Waals surface area (Å²) in [6, 6.07) is 28.7. The van der Waals surface area contributed by atoms with Crippen LogP contribution in [0.5, 0.6) is 0 Å². The second kappa shape index (κ2) is 9.93.